The summed E-state index contributed by atoms with van der Waals surface area (Å²) in [5.41, 5.74) is 2.67. The Bertz CT molecular complexity index is 948. The minimum atomic E-state index is -0.553. The van der Waals surface area contributed by atoms with Crippen molar-refractivity contribution >= 4 is 11.5 Å². The molecule has 1 aromatic heterocycles. The molecule has 0 aliphatic heterocycles. The monoisotopic (exact) mass is 317 g/mol. The molecule has 3 aromatic rings. The maximum absolute atomic E-state index is 11.6. The zero-order valence-corrected chi connectivity index (χ0v) is 12.9. The van der Waals surface area contributed by atoms with Gasteiger partial charge in [-0.15, -0.1) is 0 Å². The quantitative estimate of drug-likeness (QED) is 0.381. The third-order valence-corrected chi connectivity index (χ3v) is 3.77. The van der Waals surface area contributed by atoms with Crippen molar-refractivity contribution in [3.05, 3.63) is 81.3 Å². The Morgan fingerprint density at radius 3 is 2.04 bits per heavy atom. The second-order valence-electron chi connectivity index (χ2n) is 5.22. The molecule has 0 radical (unpaired) electrons. The van der Waals surface area contributed by atoms with Gasteiger partial charge in [-0.3, -0.25) is 0 Å². The summed E-state index contributed by atoms with van der Waals surface area (Å²) in [6, 6.07) is 17.9. The van der Waals surface area contributed by atoms with Crippen molar-refractivity contribution < 1.29 is 4.92 Å². The van der Waals surface area contributed by atoms with Crippen LogP contribution < -0.4 is 0 Å². The molecule has 6 heteroatoms. The second kappa shape index (κ2) is 6.26. The third kappa shape index (κ3) is 2.59. The van der Waals surface area contributed by atoms with Crippen LogP contribution in [-0.2, 0) is 0 Å². The first-order valence-electron chi connectivity index (χ1n) is 7.28. The van der Waals surface area contributed by atoms with E-state index in [9.17, 15) is 15.5 Å². The molecule has 0 spiro atoms. The van der Waals surface area contributed by atoms with Crippen molar-refractivity contribution in [1.29, 1.82) is 5.39 Å². The number of hydrogen-bond donors (Lipinski definition) is 0. The van der Waals surface area contributed by atoms with E-state index >= 15 is 0 Å². The third-order valence-electron chi connectivity index (χ3n) is 3.77. The summed E-state index contributed by atoms with van der Waals surface area (Å²) in [7, 11) is 0. The minimum absolute atomic E-state index is 0.154. The lowest BCUT2D eigenvalue weighted by Gasteiger charge is -2.05. The van der Waals surface area contributed by atoms with Crippen LogP contribution in [0.5, 0.6) is 0 Å². The van der Waals surface area contributed by atoms with E-state index in [1.807, 2.05) is 36.4 Å². The molecule has 0 aliphatic carbocycles. The molecule has 3 rings (SSSR count). The van der Waals surface area contributed by atoms with Crippen molar-refractivity contribution in [2.45, 2.75) is 6.92 Å². The van der Waals surface area contributed by atoms with E-state index in [1.54, 1.807) is 31.2 Å². The fourth-order valence-electron chi connectivity index (χ4n) is 2.66. The molecule has 0 atom stereocenters. The van der Waals surface area contributed by atoms with E-state index in [-0.39, 0.29) is 17.1 Å². The van der Waals surface area contributed by atoms with Crippen molar-refractivity contribution in [1.82, 2.24) is 4.98 Å². The van der Waals surface area contributed by atoms with Crippen LogP contribution in [0, 0.1) is 22.4 Å². The Hall–Kier alpha value is -3.59. The van der Waals surface area contributed by atoms with Crippen molar-refractivity contribution in [2.24, 2.45) is 0 Å². The molecule has 24 heavy (non-hydrogen) atoms. The molecule has 2 aromatic carbocycles. The first kappa shape index (κ1) is 15.3. The smallest absolute Gasteiger partial charge is 0.358 e. The van der Waals surface area contributed by atoms with E-state index in [1.165, 1.54) is 0 Å². The van der Waals surface area contributed by atoms with Gasteiger partial charge >= 0.3 is 11.5 Å². The number of nitro groups is 1. The molecule has 6 nitrogen and oxygen atoms in total. The summed E-state index contributed by atoms with van der Waals surface area (Å²) in [6.07, 6.45) is 0. The first-order chi connectivity index (χ1) is 11.6. The Balaban J connectivity index is 2.38. The van der Waals surface area contributed by atoms with Crippen LogP contribution in [0.4, 0.5) is 11.5 Å². The number of nitrogens with zero attached hydrogens (tertiary/aromatic N) is 4. The number of diazo groups is 1. The highest BCUT2D eigenvalue weighted by atomic mass is 16.6. The maximum atomic E-state index is 11.6. The minimum Gasteiger partial charge on any atom is -0.358 e. The van der Waals surface area contributed by atoms with Crippen LogP contribution in [0.15, 0.2) is 60.7 Å². The average Bonchev–Trinajstić information content (AvgIpc) is 2.62. The number of aromatic nitrogens is 1. The van der Waals surface area contributed by atoms with Gasteiger partial charge in [0.2, 0.25) is 5.39 Å². The highest BCUT2D eigenvalue weighted by Crippen LogP contribution is 2.42. The summed E-state index contributed by atoms with van der Waals surface area (Å²) in [5, 5.41) is 21.1. The fourth-order valence-corrected chi connectivity index (χ4v) is 2.66. The lowest BCUT2D eigenvalue weighted by molar-refractivity contribution is -0.388. The van der Waals surface area contributed by atoms with Crippen LogP contribution in [-0.4, -0.2) is 9.91 Å². The molecular weight excluding hydrogens is 304 g/mol. The predicted molar refractivity (Wildman–Crippen MR) is 91.2 cm³/mol. The molecule has 116 valence electrons. The van der Waals surface area contributed by atoms with Crippen LogP contribution in [0.25, 0.3) is 27.4 Å². The zero-order valence-electron chi connectivity index (χ0n) is 12.9. The molecule has 0 saturated carbocycles. The molecule has 0 bridgehead atoms. The zero-order chi connectivity index (χ0) is 17.1. The Labute approximate surface area is 138 Å². The normalized spacial score (nSPS) is 10.2. The van der Waals surface area contributed by atoms with Gasteiger partial charge in [0.25, 0.3) is 0 Å². The summed E-state index contributed by atoms with van der Waals surface area (Å²) in [5.74, 6) is -0.335. The molecule has 0 amide bonds. The van der Waals surface area contributed by atoms with Gasteiger partial charge in [-0.05, 0) is 22.4 Å². The number of pyridine rings is 1. The SMILES string of the molecule is Cc1c(-c2ccccc2)nc([N+](=O)[O-])c(-c2ccccc2)c1[N+]#N. The second-order valence-corrected chi connectivity index (χ2v) is 5.22. The Kier molecular flexibility index (Phi) is 4.00. The van der Waals surface area contributed by atoms with Crippen LogP contribution in [0.2, 0.25) is 0 Å². The molecule has 0 saturated heterocycles. The van der Waals surface area contributed by atoms with Crippen molar-refractivity contribution in [3.63, 3.8) is 0 Å². The summed E-state index contributed by atoms with van der Waals surface area (Å²) in [6.45, 7) is 1.74. The average molecular weight is 317 g/mol. The van der Waals surface area contributed by atoms with E-state index in [0.29, 0.717) is 16.8 Å². The van der Waals surface area contributed by atoms with Crippen molar-refractivity contribution in [2.75, 3.05) is 0 Å². The van der Waals surface area contributed by atoms with Gasteiger partial charge in [-0.25, -0.2) is 0 Å². The van der Waals surface area contributed by atoms with Crippen molar-refractivity contribution in [3.8, 4) is 22.4 Å². The maximum Gasteiger partial charge on any atom is 0.408 e. The fraction of sp³-hybridized carbons (Fsp3) is 0.0556. The number of hydrogen-bond acceptors (Lipinski definition) is 4. The largest absolute Gasteiger partial charge is 0.408 e. The summed E-state index contributed by atoms with van der Waals surface area (Å²) >= 11 is 0. The standard InChI is InChI=1S/C18H13N4O2/c1-12-16(14-10-6-3-7-11-14)20-18(22(23)24)15(17(12)21-19)13-8-4-2-5-9-13/h2-11H,1H3/q+1. The molecule has 0 N–H and O–H groups in total. The summed E-state index contributed by atoms with van der Waals surface area (Å²) < 4.78 is 0. The van der Waals surface area contributed by atoms with Crippen LogP contribution in [0.3, 0.4) is 0 Å². The van der Waals surface area contributed by atoms with Gasteiger partial charge < -0.3 is 10.1 Å². The lowest BCUT2D eigenvalue weighted by Crippen LogP contribution is -2.00. The molecule has 0 fully saturated rings. The van der Waals surface area contributed by atoms with E-state index in [2.05, 4.69) is 9.96 Å². The van der Waals surface area contributed by atoms with Gasteiger partial charge in [0.05, 0.1) is 5.56 Å². The highest BCUT2D eigenvalue weighted by molar-refractivity contribution is 5.90. The van der Waals surface area contributed by atoms with Gasteiger partial charge in [0.15, 0.2) is 16.2 Å². The van der Waals surface area contributed by atoms with Crippen LogP contribution in [0.1, 0.15) is 5.56 Å². The number of rotatable bonds is 3. The van der Waals surface area contributed by atoms with Gasteiger partial charge in [0.1, 0.15) is 0 Å². The molecule has 1 heterocycles. The van der Waals surface area contributed by atoms with E-state index in [4.69, 9.17) is 0 Å². The molecule has 0 unspecified atom stereocenters. The first-order valence-corrected chi connectivity index (χ1v) is 7.28. The summed E-state index contributed by atoms with van der Waals surface area (Å²) in [4.78, 5) is 18.6. The highest BCUT2D eigenvalue weighted by Gasteiger charge is 2.35. The van der Waals surface area contributed by atoms with E-state index in [0.717, 1.165) is 5.56 Å². The van der Waals surface area contributed by atoms with Gasteiger partial charge in [-0.1, -0.05) is 60.7 Å². The Morgan fingerprint density at radius 1 is 1.00 bits per heavy atom. The van der Waals surface area contributed by atoms with E-state index < -0.39 is 4.92 Å². The van der Waals surface area contributed by atoms with Gasteiger partial charge in [0, 0.05) is 5.56 Å². The Morgan fingerprint density at radius 2 is 1.54 bits per heavy atom. The van der Waals surface area contributed by atoms with Crippen LogP contribution >= 0.6 is 0 Å². The van der Waals surface area contributed by atoms with Gasteiger partial charge in [-0.2, -0.15) is 0 Å². The lowest BCUT2D eigenvalue weighted by atomic mass is 9.98. The molecular formula is C18H13N4O2+. The molecule has 0 aliphatic rings. The predicted octanol–water partition coefficient (Wildman–Crippen LogP) is 5.12. The topological polar surface area (TPSA) is 84.2 Å². The number of benzene rings is 2.